The van der Waals surface area contributed by atoms with Crippen LogP contribution in [0.5, 0.6) is 0 Å². The van der Waals surface area contributed by atoms with Crippen molar-refractivity contribution in [1.29, 1.82) is 0 Å². The summed E-state index contributed by atoms with van der Waals surface area (Å²) in [5, 5.41) is 6.93. The minimum absolute atomic E-state index is 0. The molecular formula is C20H42IN5. The summed E-state index contributed by atoms with van der Waals surface area (Å²) in [5.74, 6) is 1.97. The Morgan fingerprint density at radius 3 is 2.15 bits per heavy atom. The fraction of sp³-hybridized carbons (Fsp3) is 0.950. The molecule has 1 aliphatic heterocycles. The molecule has 0 atom stereocenters. The van der Waals surface area contributed by atoms with Crippen molar-refractivity contribution in [3.8, 4) is 0 Å². The summed E-state index contributed by atoms with van der Waals surface area (Å²) in [6, 6.07) is 0. The van der Waals surface area contributed by atoms with Gasteiger partial charge in [0.15, 0.2) is 5.96 Å². The molecule has 0 aromatic rings. The van der Waals surface area contributed by atoms with Gasteiger partial charge in [0.25, 0.3) is 0 Å². The van der Waals surface area contributed by atoms with E-state index in [0.29, 0.717) is 0 Å². The van der Waals surface area contributed by atoms with Gasteiger partial charge >= 0.3 is 0 Å². The lowest BCUT2D eigenvalue weighted by Crippen LogP contribution is -2.46. The van der Waals surface area contributed by atoms with Crippen LogP contribution in [-0.4, -0.2) is 75.2 Å². The fourth-order valence-electron chi connectivity index (χ4n) is 4.11. The maximum Gasteiger partial charge on any atom is 0.190 e. The summed E-state index contributed by atoms with van der Waals surface area (Å²) in [6.45, 7) is 11.7. The molecule has 154 valence electrons. The van der Waals surface area contributed by atoms with E-state index in [1.54, 1.807) is 0 Å². The molecule has 6 heteroatoms. The van der Waals surface area contributed by atoms with Gasteiger partial charge in [0.05, 0.1) is 0 Å². The third-order valence-electron chi connectivity index (χ3n) is 5.89. The molecule has 1 aliphatic carbocycles. The molecule has 2 aliphatic rings. The lowest BCUT2D eigenvalue weighted by molar-refractivity contribution is 0.136. The molecule has 0 radical (unpaired) electrons. The van der Waals surface area contributed by atoms with Gasteiger partial charge in [-0.2, -0.15) is 0 Å². The Hall–Kier alpha value is -0.0800. The Morgan fingerprint density at radius 1 is 0.923 bits per heavy atom. The van der Waals surface area contributed by atoms with Gasteiger partial charge in [-0.15, -0.1) is 24.0 Å². The van der Waals surface area contributed by atoms with Gasteiger partial charge in [0.1, 0.15) is 0 Å². The summed E-state index contributed by atoms with van der Waals surface area (Å²) < 4.78 is 0. The lowest BCUT2D eigenvalue weighted by Gasteiger charge is -2.34. The minimum atomic E-state index is 0. The normalized spacial score (nSPS) is 20.2. The van der Waals surface area contributed by atoms with Crippen LogP contribution in [0.25, 0.3) is 0 Å². The fourth-order valence-corrected chi connectivity index (χ4v) is 4.11. The van der Waals surface area contributed by atoms with E-state index in [9.17, 15) is 0 Å². The highest BCUT2D eigenvalue weighted by Gasteiger charge is 2.15. The van der Waals surface area contributed by atoms with Crippen molar-refractivity contribution in [3.63, 3.8) is 0 Å². The molecule has 1 saturated heterocycles. The Bertz CT molecular complexity index is 363. The molecule has 0 bridgehead atoms. The van der Waals surface area contributed by atoms with Crippen LogP contribution in [0, 0.1) is 5.92 Å². The van der Waals surface area contributed by atoms with E-state index in [4.69, 9.17) is 0 Å². The van der Waals surface area contributed by atoms with E-state index >= 15 is 0 Å². The van der Waals surface area contributed by atoms with Gasteiger partial charge in [-0.25, -0.2) is 0 Å². The number of hydrogen-bond acceptors (Lipinski definition) is 3. The number of guanidine groups is 1. The average Bonchev–Trinajstić information content (AvgIpc) is 3.17. The van der Waals surface area contributed by atoms with Gasteiger partial charge in [0, 0.05) is 46.3 Å². The third kappa shape index (κ3) is 9.74. The molecule has 1 heterocycles. The Balaban J connectivity index is 0.00000338. The first kappa shape index (κ1) is 24.0. The van der Waals surface area contributed by atoms with Crippen LogP contribution < -0.4 is 10.6 Å². The van der Waals surface area contributed by atoms with E-state index in [1.807, 2.05) is 7.05 Å². The van der Waals surface area contributed by atoms with Crippen LogP contribution in [0.15, 0.2) is 4.99 Å². The number of halogens is 1. The maximum absolute atomic E-state index is 4.34. The molecule has 5 nitrogen and oxygen atoms in total. The highest BCUT2D eigenvalue weighted by Crippen LogP contribution is 2.28. The number of piperazine rings is 1. The highest BCUT2D eigenvalue weighted by molar-refractivity contribution is 14.0. The van der Waals surface area contributed by atoms with Crippen molar-refractivity contribution >= 4 is 29.9 Å². The van der Waals surface area contributed by atoms with Gasteiger partial charge in [-0.05, 0) is 44.7 Å². The monoisotopic (exact) mass is 479 g/mol. The first-order valence-corrected chi connectivity index (χ1v) is 10.7. The summed E-state index contributed by atoms with van der Waals surface area (Å²) >= 11 is 0. The summed E-state index contributed by atoms with van der Waals surface area (Å²) in [4.78, 5) is 9.50. The third-order valence-corrected chi connectivity index (χ3v) is 5.89. The number of nitrogens with zero attached hydrogens (tertiary/aromatic N) is 3. The van der Waals surface area contributed by atoms with Crippen LogP contribution in [0.4, 0.5) is 0 Å². The van der Waals surface area contributed by atoms with Crippen molar-refractivity contribution in [1.82, 2.24) is 20.4 Å². The van der Waals surface area contributed by atoms with Crippen LogP contribution in [0.3, 0.4) is 0 Å². The number of unbranched alkanes of at least 4 members (excludes halogenated alkanes) is 1. The average molecular weight is 479 g/mol. The summed E-state index contributed by atoms with van der Waals surface area (Å²) in [7, 11) is 1.87. The number of aliphatic imine (C=N–C) groups is 1. The van der Waals surface area contributed by atoms with E-state index in [2.05, 4.69) is 32.3 Å². The van der Waals surface area contributed by atoms with E-state index in [0.717, 1.165) is 25.0 Å². The van der Waals surface area contributed by atoms with Gasteiger partial charge in [0.2, 0.25) is 0 Å². The van der Waals surface area contributed by atoms with Crippen LogP contribution in [0.1, 0.15) is 58.3 Å². The molecule has 0 aromatic heterocycles. The molecule has 0 amide bonds. The maximum atomic E-state index is 4.34. The lowest BCUT2D eigenvalue weighted by atomic mass is 10.0. The Labute approximate surface area is 178 Å². The molecule has 0 spiro atoms. The molecule has 2 rings (SSSR count). The molecule has 2 N–H and O–H groups in total. The van der Waals surface area contributed by atoms with Crippen molar-refractivity contribution < 1.29 is 0 Å². The van der Waals surface area contributed by atoms with Gasteiger partial charge < -0.3 is 20.4 Å². The highest BCUT2D eigenvalue weighted by atomic mass is 127. The quantitative estimate of drug-likeness (QED) is 0.219. The number of rotatable bonds is 10. The Morgan fingerprint density at radius 2 is 1.54 bits per heavy atom. The minimum Gasteiger partial charge on any atom is -0.356 e. The SMILES string of the molecule is CCN1CCN(CCCCNC(=NC)NCCCC2CCCC2)CC1.I. The predicted molar refractivity (Wildman–Crippen MR) is 124 cm³/mol. The van der Waals surface area contributed by atoms with Gasteiger partial charge in [-0.3, -0.25) is 4.99 Å². The van der Waals surface area contributed by atoms with E-state index < -0.39 is 0 Å². The molecule has 26 heavy (non-hydrogen) atoms. The summed E-state index contributed by atoms with van der Waals surface area (Å²) in [6.07, 6.45) is 11.0. The van der Waals surface area contributed by atoms with Gasteiger partial charge in [-0.1, -0.05) is 32.6 Å². The van der Waals surface area contributed by atoms with Crippen LogP contribution in [-0.2, 0) is 0 Å². The van der Waals surface area contributed by atoms with E-state index in [-0.39, 0.29) is 24.0 Å². The first-order valence-electron chi connectivity index (χ1n) is 10.7. The second kappa shape index (κ2) is 14.9. The zero-order chi connectivity index (χ0) is 17.7. The standard InChI is InChI=1S/C20H41N5.HI/c1-3-24-15-17-25(18-16-24)14-7-6-12-22-20(21-2)23-13-8-11-19-9-4-5-10-19;/h19H,3-18H2,1-2H3,(H2,21,22,23);1H. The predicted octanol–water partition coefficient (Wildman–Crippen LogP) is 3.16. The molecule has 1 saturated carbocycles. The Kier molecular flexibility index (Phi) is 13.7. The van der Waals surface area contributed by atoms with Crippen molar-refractivity contribution in [2.45, 2.75) is 58.3 Å². The van der Waals surface area contributed by atoms with Crippen molar-refractivity contribution in [2.24, 2.45) is 10.9 Å². The van der Waals surface area contributed by atoms with Crippen LogP contribution >= 0.6 is 24.0 Å². The molecule has 0 unspecified atom stereocenters. The zero-order valence-electron chi connectivity index (χ0n) is 17.1. The van der Waals surface area contributed by atoms with Crippen molar-refractivity contribution in [2.75, 3.05) is 59.4 Å². The first-order chi connectivity index (χ1) is 12.3. The molecule has 0 aromatic carbocycles. The van der Waals surface area contributed by atoms with Crippen molar-refractivity contribution in [3.05, 3.63) is 0 Å². The second-order valence-corrected chi connectivity index (χ2v) is 7.70. The zero-order valence-corrected chi connectivity index (χ0v) is 19.5. The van der Waals surface area contributed by atoms with E-state index in [1.165, 1.54) is 90.6 Å². The topological polar surface area (TPSA) is 42.9 Å². The van der Waals surface area contributed by atoms with Crippen LogP contribution in [0.2, 0.25) is 0 Å². The second-order valence-electron chi connectivity index (χ2n) is 7.70. The number of nitrogens with one attached hydrogen (secondary N) is 2. The molecular weight excluding hydrogens is 437 g/mol. The summed E-state index contributed by atoms with van der Waals surface area (Å²) in [5.41, 5.74) is 0. The molecule has 2 fully saturated rings. The number of likely N-dealkylation sites (N-methyl/N-ethyl adjacent to an activating group) is 1. The number of hydrogen-bond donors (Lipinski definition) is 2. The largest absolute Gasteiger partial charge is 0.356 e. The smallest absolute Gasteiger partial charge is 0.190 e.